The minimum absolute atomic E-state index is 0.124. The van der Waals surface area contributed by atoms with Gasteiger partial charge < -0.3 is 20.1 Å². The van der Waals surface area contributed by atoms with E-state index in [1.165, 1.54) is 18.2 Å². The number of hydrogen-bond donors (Lipinski definition) is 2. The molecule has 2 N–H and O–H groups in total. The van der Waals surface area contributed by atoms with Gasteiger partial charge in [0.25, 0.3) is 0 Å². The summed E-state index contributed by atoms with van der Waals surface area (Å²) < 4.78 is 62.9. The van der Waals surface area contributed by atoms with Gasteiger partial charge in [-0.1, -0.05) is 12.1 Å². The molecular formula is C20H21F4N3O2. The Morgan fingerprint density at radius 3 is 2.76 bits per heavy atom. The lowest BCUT2D eigenvalue weighted by Gasteiger charge is -2.21. The zero-order chi connectivity index (χ0) is 20.9. The molecule has 0 radical (unpaired) electrons. The maximum Gasteiger partial charge on any atom is 0.416 e. The van der Waals surface area contributed by atoms with Gasteiger partial charge in [-0.2, -0.15) is 13.2 Å². The van der Waals surface area contributed by atoms with Crippen LogP contribution < -0.4 is 15.4 Å². The number of aliphatic imine (C=N–C) groups is 1. The van der Waals surface area contributed by atoms with Crippen molar-refractivity contribution < 1.29 is 27.0 Å². The lowest BCUT2D eigenvalue weighted by Crippen LogP contribution is -2.38. The number of ether oxygens (including phenoxy) is 2. The first-order valence-electron chi connectivity index (χ1n) is 8.99. The molecule has 9 heteroatoms. The molecule has 1 heterocycles. The molecule has 1 aliphatic heterocycles. The Morgan fingerprint density at radius 1 is 1.17 bits per heavy atom. The molecule has 0 saturated carbocycles. The Morgan fingerprint density at radius 2 is 2.00 bits per heavy atom. The highest BCUT2D eigenvalue weighted by Gasteiger charge is 2.30. The summed E-state index contributed by atoms with van der Waals surface area (Å²) >= 11 is 0. The number of benzene rings is 2. The monoisotopic (exact) mass is 411 g/mol. The standard InChI is InChI=1S/C20H21F4N3O2/c1-25-19(27-10-13-3-2-4-16(7-13)20(22,23)24)26-6-5-14-8-17(21)9-15-11-28-12-29-18(14)15/h2-4,7-9H,5-6,10-12H2,1H3,(H2,25,26,27). The van der Waals surface area contributed by atoms with E-state index in [0.717, 1.165) is 12.1 Å². The summed E-state index contributed by atoms with van der Waals surface area (Å²) in [5.41, 5.74) is 1.16. The second-order valence-corrected chi connectivity index (χ2v) is 6.46. The SMILES string of the molecule is CN=C(NCCc1cc(F)cc2c1OCOC2)NCc1cccc(C(F)(F)F)c1. The van der Waals surface area contributed by atoms with Gasteiger partial charge in [-0.15, -0.1) is 0 Å². The van der Waals surface area contributed by atoms with Crippen LogP contribution in [0.1, 0.15) is 22.3 Å². The van der Waals surface area contributed by atoms with E-state index in [-0.39, 0.29) is 19.2 Å². The highest BCUT2D eigenvalue weighted by atomic mass is 19.4. The van der Waals surface area contributed by atoms with Crippen molar-refractivity contribution >= 4 is 5.96 Å². The van der Waals surface area contributed by atoms with E-state index < -0.39 is 11.7 Å². The molecule has 0 atom stereocenters. The number of rotatable bonds is 5. The van der Waals surface area contributed by atoms with Crippen LogP contribution in [0.15, 0.2) is 41.4 Å². The van der Waals surface area contributed by atoms with Crippen molar-refractivity contribution in [1.82, 2.24) is 10.6 Å². The second-order valence-electron chi connectivity index (χ2n) is 6.46. The highest BCUT2D eigenvalue weighted by molar-refractivity contribution is 5.79. The van der Waals surface area contributed by atoms with Crippen LogP contribution in [-0.2, 0) is 30.5 Å². The first-order valence-corrected chi connectivity index (χ1v) is 8.99. The fraction of sp³-hybridized carbons (Fsp3) is 0.350. The van der Waals surface area contributed by atoms with Crippen LogP contribution in [0.5, 0.6) is 5.75 Å². The van der Waals surface area contributed by atoms with Crippen molar-refractivity contribution in [3.8, 4) is 5.75 Å². The van der Waals surface area contributed by atoms with E-state index in [2.05, 4.69) is 15.6 Å². The molecule has 0 aromatic heterocycles. The van der Waals surface area contributed by atoms with Crippen LogP contribution in [0.2, 0.25) is 0 Å². The molecule has 1 aliphatic rings. The van der Waals surface area contributed by atoms with Crippen LogP contribution in [-0.4, -0.2) is 26.3 Å². The summed E-state index contributed by atoms with van der Waals surface area (Å²) in [6, 6.07) is 7.91. The molecule has 0 spiro atoms. The Labute approximate surface area is 165 Å². The highest BCUT2D eigenvalue weighted by Crippen LogP contribution is 2.30. The fourth-order valence-corrected chi connectivity index (χ4v) is 3.02. The Balaban J connectivity index is 1.55. The largest absolute Gasteiger partial charge is 0.467 e. The van der Waals surface area contributed by atoms with Crippen LogP contribution in [0.3, 0.4) is 0 Å². The third-order valence-electron chi connectivity index (χ3n) is 4.38. The molecule has 5 nitrogen and oxygen atoms in total. The molecule has 29 heavy (non-hydrogen) atoms. The summed E-state index contributed by atoms with van der Waals surface area (Å²) in [6.45, 7) is 1.04. The fourth-order valence-electron chi connectivity index (χ4n) is 3.02. The number of alkyl halides is 3. The molecule has 2 aromatic rings. The Hall–Kier alpha value is -2.81. The van der Waals surface area contributed by atoms with Gasteiger partial charge in [-0.3, -0.25) is 4.99 Å². The molecule has 0 saturated heterocycles. The average molecular weight is 411 g/mol. The van der Waals surface area contributed by atoms with E-state index in [1.807, 2.05) is 0 Å². The maximum atomic E-state index is 13.8. The van der Waals surface area contributed by atoms with Crippen molar-refractivity contribution in [1.29, 1.82) is 0 Å². The Kier molecular flexibility index (Phi) is 6.58. The van der Waals surface area contributed by atoms with E-state index in [4.69, 9.17) is 9.47 Å². The summed E-state index contributed by atoms with van der Waals surface area (Å²) in [4.78, 5) is 4.06. The average Bonchev–Trinajstić information content (AvgIpc) is 2.70. The van der Waals surface area contributed by atoms with Crippen molar-refractivity contribution in [2.45, 2.75) is 25.7 Å². The van der Waals surface area contributed by atoms with Gasteiger partial charge in [0, 0.05) is 25.7 Å². The number of halogens is 4. The van der Waals surface area contributed by atoms with E-state index in [9.17, 15) is 17.6 Å². The van der Waals surface area contributed by atoms with Gasteiger partial charge in [0.1, 0.15) is 11.6 Å². The second kappa shape index (κ2) is 9.13. The molecule has 156 valence electrons. The first kappa shape index (κ1) is 20.9. The van der Waals surface area contributed by atoms with Crippen molar-refractivity contribution in [3.63, 3.8) is 0 Å². The number of fused-ring (bicyclic) bond motifs is 1. The summed E-state index contributed by atoms with van der Waals surface area (Å²) in [5, 5.41) is 6.04. The number of nitrogens with zero attached hydrogens (tertiary/aromatic N) is 1. The minimum Gasteiger partial charge on any atom is -0.467 e. The quantitative estimate of drug-likeness (QED) is 0.448. The van der Waals surface area contributed by atoms with Gasteiger partial charge in [-0.05, 0) is 41.8 Å². The van der Waals surface area contributed by atoms with Crippen LogP contribution in [0.4, 0.5) is 17.6 Å². The van der Waals surface area contributed by atoms with E-state index in [0.29, 0.717) is 48.0 Å². The number of guanidine groups is 1. The first-order chi connectivity index (χ1) is 13.9. The Bertz CT molecular complexity index is 885. The molecule has 0 aliphatic carbocycles. The molecule has 0 unspecified atom stereocenters. The third kappa shape index (κ3) is 5.60. The molecule has 0 fully saturated rings. The van der Waals surface area contributed by atoms with Crippen LogP contribution >= 0.6 is 0 Å². The van der Waals surface area contributed by atoms with Gasteiger partial charge >= 0.3 is 6.18 Å². The zero-order valence-corrected chi connectivity index (χ0v) is 15.8. The topological polar surface area (TPSA) is 54.9 Å². The smallest absolute Gasteiger partial charge is 0.416 e. The van der Waals surface area contributed by atoms with Gasteiger partial charge in [0.05, 0.1) is 12.2 Å². The maximum absolute atomic E-state index is 13.8. The third-order valence-corrected chi connectivity index (χ3v) is 4.38. The summed E-state index contributed by atoms with van der Waals surface area (Å²) in [6.07, 6.45) is -3.91. The summed E-state index contributed by atoms with van der Waals surface area (Å²) in [7, 11) is 1.56. The molecule has 2 aromatic carbocycles. The molecule has 3 rings (SSSR count). The van der Waals surface area contributed by atoms with Gasteiger partial charge in [0.15, 0.2) is 12.8 Å². The predicted octanol–water partition coefficient (Wildman–Crippen LogP) is 3.62. The van der Waals surface area contributed by atoms with Crippen molar-refractivity contribution in [2.24, 2.45) is 4.99 Å². The number of hydrogen-bond acceptors (Lipinski definition) is 3. The lowest BCUT2D eigenvalue weighted by molar-refractivity contribution is -0.137. The molecule has 0 amide bonds. The van der Waals surface area contributed by atoms with Crippen LogP contribution in [0, 0.1) is 5.82 Å². The van der Waals surface area contributed by atoms with E-state index >= 15 is 0 Å². The normalized spacial score (nSPS) is 14.2. The molecule has 0 bridgehead atoms. The molecular weight excluding hydrogens is 390 g/mol. The lowest BCUT2D eigenvalue weighted by atomic mass is 10.1. The zero-order valence-electron chi connectivity index (χ0n) is 15.8. The number of nitrogens with one attached hydrogen (secondary N) is 2. The van der Waals surface area contributed by atoms with Crippen molar-refractivity contribution in [3.05, 3.63) is 64.5 Å². The summed E-state index contributed by atoms with van der Waals surface area (Å²) in [5.74, 6) is 0.697. The minimum atomic E-state index is -4.38. The van der Waals surface area contributed by atoms with Gasteiger partial charge in [0.2, 0.25) is 0 Å². The van der Waals surface area contributed by atoms with Gasteiger partial charge in [-0.25, -0.2) is 4.39 Å². The van der Waals surface area contributed by atoms with Crippen molar-refractivity contribution in [2.75, 3.05) is 20.4 Å². The van der Waals surface area contributed by atoms with Crippen LogP contribution in [0.25, 0.3) is 0 Å². The van der Waals surface area contributed by atoms with E-state index in [1.54, 1.807) is 13.1 Å². The predicted molar refractivity (Wildman–Crippen MR) is 100 cm³/mol.